The van der Waals surface area contributed by atoms with Crippen molar-refractivity contribution in [3.8, 4) is 11.5 Å². The number of ether oxygens (including phenoxy) is 5. The molecule has 1 aliphatic carbocycles. The smallest absolute Gasteiger partial charge is 0.331 e. The van der Waals surface area contributed by atoms with Crippen LogP contribution in [0, 0.1) is 5.41 Å². The molecule has 222 valence electrons. The van der Waals surface area contributed by atoms with E-state index in [0.717, 1.165) is 24.8 Å². The first kappa shape index (κ1) is 28.1. The molecule has 3 aliphatic heterocycles. The average molecular weight is 577 g/mol. The summed E-state index contributed by atoms with van der Waals surface area (Å²) in [6.45, 7) is 5.30. The first-order valence-corrected chi connectivity index (χ1v) is 14.4. The number of methoxy groups -OCH3 is 2. The Morgan fingerprint density at radius 2 is 1.62 bits per heavy atom. The van der Waals surface area contributed by atoms with Crippen LogP contribution in [-0.4, -0.2) is 60.8 Å². The molecule has 0 radical (unpaired) electrons. The predicted octanol–water partition coefficient (Wildman–Crippen LogP) is 4.65. The van der Waals surface area contributed by atoms with Crippen molar-refractivity contribution in [2.45, 2.75) is 82.3 Å². The number of fused-ring (bicyclic) bond motifs is 4. The number of carbonyl (C=O) groups is 3. The molecule has 1 saturated carbocycles. The highest BCUT2D eigenvalue weighted by molar-refractivity contribution is 6.06. The van der Waals surface area contributed by atoms with Crippen molar-refractivity contribution >= 4 is 24.1 Å². The summed E-state index contributed by atoms with van der Waals surface area (Å²) < 4.78 is 29.4. The fourth-order valence-electron chi connectivity index (χ4n) is 6.95. The average Bonchev–Trinajstić information content (AvgIpc) is 3.28. The van der Waals surface area contributed by atoms with Gasteiger partial charge in [-0.25, -0.2) is 4.79 Å². The maximum absolute atomic E-state index is 14.7. The SMILES string of the molecule is COc1ccc([C@@H]2[C@@H](C(=O)OC(C)(C)C)N3N=Cc4ccccc4[C@@H]3C23C(=O)OC2(CCCCC2)OC3=O)cc1OC. The molecule has 3 fully saturated rings. The molecule has 10 nitrogen and oxygen atoms in total. The van der Waals surface area contributed by atoms with E-state index in [0.29, 0.717) is 35.5 Å². The Morgan fingerprint density at radius 1 is 0.952 bits per heavy atom. The van der Waals surface area contributed by atoms with Gasteiger partial charge in [0.05, 0.1) is 20.4 Å². The van der Waals surface area contributed by atoms with Gasteiger partial charge >= 0.3 is 17.9 Å². The second-order valence-electron chi connectivity index (χ2n) is 12.3. The van der Waals surface area contributed by atoms with Gasteiger partial charge in [0, 0.05) is 18.8 Å². The molecule has 0 bridgehead atoms. The van der Waals surface area contributed by atoms with Crippen molar-refractivity contribution in [3.63, 3.8) is 0 Å². The fourth-order valence-corrected chi connectivity index (χ4v) is 6.95. The molecule has 2 spiro atoms. The van der Waals surface area contributed by atoms with Crippen LogP contribution >= 0.6 is 0 Å². The first-order chi connectivity index (χ1) is 20.0. The molecule has 2 aromatic rings. The molecule has 3 atom stereocenters. The van der Waals surface area contributed by atoms with Crippen LogP contribution in [-0.2, 0) is 28.6 Å². The van der Waals surface area contributed by atoms with Crippen LogP contribution in [0.1, 0.15) is 81.5 Å². The van der Waals surface area contributed by atoms with E-state index in [-0.39, 0.29) is 0 Å². The summed E-state index contributed by atoms with van der Waals surface area (Å²) in [5.74, 6) is -3.66. The van der Waals surface area contributed by atoms with Crippen molar-refractivity contribution in [3.05, 3.63) is 59.2 Å². The summed E-state index contributed by atoms with van der Waals surface area (Å²) in [4.78, 5) is 43.5. The van der Waals surface area contributed by atoms with E-state index in [1.807, 2.05) is 24.3 Å². The Hall–Kier alpha value is -4.08. The maximum Gasteiger partial charge on any atom is 0.331 e. The fraction of sp³-hybridized carbons (Fsp3) is 0.500. The van der Waals surface area contributed by atoms with Crippen LogP contribution in [0.4, 0.5) is 0 Å². The zero-order valence-electron chi connectivity index (χ0n) is 24.5. The second kappa shape index (κ2) is 10.0. The normalized spacial score (nSPS) is 25.4. The highest BCUT2D eigenvalue weighted by Gasteiger charge is 2.76. The zero-order valence-corrected chi connectivity index (χ0v) is 24.5. The van der Waals surface area contributed by atoms with E-state index < -0.39 is 52.7 Å². The maximum atomic E-state index is 14.7. The second-order valence-corrected chi connectivity index (χ2v) is 12.3. The molecule has 4 aliphatic rings. The molecule has 6 rings (SSSR count). The minimum absolute atomic E-state index is 0.378. The van der Waals surface area contributed by atoms with Gasteiger partial charge in [0.1, 0.15) is 11.6 Å². The molecule has 0 aromatic heterocycles. The monoisotopic (exact) mass is 576 g/mol. The van der Waals surface area contributed by atoms with Gasteiger partial charge in [-0.05, 0) is 62.4 Å². The Morgan fingerprint density at radius 3 is 2.26 bits per heavy atom. The van der Waals surface area contributed by atoms with Crippen LogP contribution < -0.4 is 9.47 Å². The van der Waals surface area contributed by atoms with Gasteiger partial charge in [0.2, 0.25) is 5.41 Å². The van der Waals surface area contributed by atoms with Gasteiger partial charge in [-0.15, -0.1) is 0 Å². The van der Waals surface area contributed by atoms with Gasteiger partial charge in [-0.1, -0.05) is 36.8 Å². The summed E-state index contributed by atoms with van der Waals surface area (Å²) in [5, 5.41) is 6.20. The van der Waals surface area contributed by atoms with E-state index in [1.165, 1.54) is 19.2 Å². The van der Waals surface area contributed by atoms with Gasteiger partial charge in [0.15, 0.2) is 17.5 Å². The molecule has 0 unspecified atom stereocenters. The van der Waals surface area contributed by atoms with Crippen LogP contribution in [0.2, 0.25) is 0 Å². The third-order valence-electron chi connectivity index (χ3n) is 8.67. The van der Waals surface area contributed by atoms with Crippen molar-refractivity contribution in [2.24, 2.45) is 10.5 Å². The van der Waals surface area contributed by atoms with Gasteiger partial charge in [0.25, 0.3) is 5.79 Å². The van der Waals surface area contributed by atoms with Crippen LogP contribution in [0.15, 0.2) is 47.6 Å². The third-order valence-corrected chi connectivity index (χ3v) is 8.67. The van der Waals surface area contributed by atoms with E-state index in [2.05, 4.69) is 5.10 Å². The Labute approximate surface area is 244 Å². The molecule has 10 heteroatoms. The number of carbonyl (C=O) groups excluding carboxylic acids is 3. The van der Waals surface area contributed by atoms with E-state index in [4.69, 9.17) is 23.7 Å². The summed E-state index contributed by atoms with van der Waals surface area (Å²) in [6.07, 6.45) is 5.01. The van der Waals surface area contributed by atoms with Crippen molar-refractivity contribution in [1.29, 1.82) is 0 Å². The highest BCUT2D eigenvalue weighted by atomic mass is 16.7. The summed E-state index contributed by atoms with van der Waals surface area (Å²) in [5.41, 5.74) is -0.941. The minimum atomic E-state index is -1.97. The summed E-state index contributed by atoms with van der Waals surface area (Å²) in [7, 11) is 3.01. The largest absolute Gasteiger partial charge is 0.493 e. The van der Waals surface area contributed by atoms with Crippen molar-refractivity contribution < 1.29 is 38.1 Å². The number of nitrogens with zero attached hydrogens (tertiary/aromatic N) is 2. The van der Waals surface area contributed by atoms with E-state index in [1.54, 1.807) is 45.2 Å². The zero-order chi connectivity index (χ0) is 29.9. The molecular formula is C32H36N2O8. The summed E-state index contributed by atoms with van der Waals surface area (Å²) >= 11 is 0. The number of hydrazone groups is 1. The lowest BCUT2D eigenvalue weighted by Gasteiger charge is -2.47. The van der Waals surface area contributed by atoms with Gasteiger partial charge < -0.3 is 23.7 Å². The number of benzene rings is 2. The van der Waals surface area contributed by atoms with E-state index >= 15 is 0 Å². The standard InChI is InChI=1S/C32H36N2O8/c1-30(2,3)40-27(35)25-24(19-13-14-22(38-4)23(17-19)39-5)32(26-21-12-8-7-11-20(21)18-33-34(25)26)28(36)41-31(42-29(32)37)15-9-6-10-16-31/h7-8,11-14,17-18,24-26H,6,9-10,15-16H2,1-5H3/t24-,25+,26-/m1/s1. The lowest BCUT2D eigenvalue weighted by molar-refractivity contribution is -0.273. The van der Waals surface area contributed by atoms with Gasteiger partial charge in [-0.2, -0.15) is 5.10 Å². The molecule has 0 amide bonds. The lowest BCUT2D eigenvalue weighted by atomic mass is 9.65. The molecule has 0 N–H and O–H groups in total. The number of rotatable bonds is 4. The van der Waals surface area contributed by atoms with Crippen LogP contribution in [0.3, 0.4) is 0 Å². The Bertz CT molecular complexity index is 1430. The number of hydrogen-bond acceptors (Lipinski definition) is 10. The van der Waals surface area contributed by atoms with E-state index in [9.17, 15) is 14.4 Å². The van der Waals surface area contributed by atoms with Crippen molar-refractivity contribution in [1.82, 2.24) is 5.01 Å². The quantitative estimate of drug-likeness (QED) is 0.379. The Kier molecular flexibility index (Phi) is 6.70. The topological polar surface area (TPSA) is 113 Å². The lowest BCUT2D eigenvalue weighted by Crippen LogP contribution is -2.60. The highest BCUT2D eigenvalue weighted by Crippen LogP contribution is 2.63. The number of esters is 3. The molecule has 2 saturated heterocycles. The summed E-state index contributed by atoms with van der Waals surface area (Å²) in [6, 6.07) is 10.3. The Balaban J connectivity index is 1.61. The first-order valence-electron chi connectivity index (χ1n) is 14.4. The van der Waals surface area contributed by atoms with Crippen LogP contribution in [0.5, 0.6) is 11.5 Å². The molecule has 3 heterocycles. The third kappa shape index (κ3) is 4.22. The molecule has 42 heavy (non-hydrogen) atoms. The minimum Gasteiger partial charge on any atom is -0.493 e. The van der Waals surface area contributed by atoms with Gasteiger partial charge in [-0.3, -0.25) is 14.6 Å². The molecular weight excluding hydrogens is 540 g/mol. The van der Waals surface area contributed by atoms with Crippen LogP contribution in [0.25, 0.3) is 0 Å². The molecule has 2 aromatic carbocycles. The predicted molar refractivity (Wildman–Crippen MR) is 151 cm³/mol. The number of hydrogen-bond donors (Lipinski definition) is 0. The van der Waals surface area contributed by atoms with Crippen molar-refractivity contribution in [2.75, 3.05) is 14.2 Å².